The Morgan fingerprint density at radius 3 is 2.90 bits per heavy atom. The molecule has 0 saturated carbocycles. The van der Waals surface area contributed by atoms with Gasteiger partial charge in [0, 0.05) is 7.05 Å². The molecule has 1 N–H and O–H groups in total. The summed E-state index contributed by atoms with van der Waals surface area (Å²) in [4.78, 5) is 12.3. The van der Waals surface area contributed by atoms with Crippen LogP contribution < -0.4 is 10.1 Å². The van der Waals surface area contributed by atoms with Crippen LogP contribution in [0.5, 0.6) is 5.75 Å². The number of carbonyl (C=O) groups is 1. The molecule has 0 aliphatic rings. The molecule has 0 unspecified atom stereocenters. The van der Waals surface area contributed by atoms with E-state index >= 15 is 0 Å². The molecule has 0 saturated heterocycles. The number of hydrogen-bond acceptors (Lipinski definition) is 4. The SMILES string of the molecule is CCc1cc(C(=O)Nc2ccccc2OCC#N)n(C)n1. The number of nitriles is 1. The number of anilines is 1. The minimum Gasteiger partial charge on any atom is -0.477 e. The van der Waals surface area contributed by atoms with Gasteiger partial charge < -0.3 is 10.1 Å². The molecule has 6 heteroatoms. The van der Waals surface area contributed by atoms with Gasteiger partial charge in [0.15, 0.2) is 6.61 Å². The second-order valence-corrected chi connectivity index (χ2v) is 4.40. The van der Waals surface area contributed by atoms with Crippen molar-refractivity contribution in [2.75, 3.05) is 11.9 Å². The van der Waals surface area contributed by atoms with Crippen molar-refractivity contribution in [3.05, 3.63) is 41.7 Å². The van der Waals surface area contributed by atoms with E-state index in [0.29, 0.717) is 17.1 Å². The fourth-order valence-corrected chi connectivity index (χ4v) is 1.90. The largest absolute Gasteiger partial charge is 0.477 e. The molecule has 0 spiro atoms. The highest BCUT2D eigenvalue weighted by atomic mass is 16.5. The van der Waals surface area contributed by atoms with Gasteiger partial charge in [0.25, 0.3) is 5.91 Å². The van der Waals surface area contributed by atoms with E-state index in [1.54, 1.807) is 42.1 Å². The number of aromatic nitrogens is 2. The van der Waals surface area contributed by atoms with Gasteiger partial charge in [0.05, 0.1) is 11.4 Å². The van der Waals surface area contributed by atoms with Crippen LogP contribution in [0.4, 0.5) is 5.69 Å². The first-order valence-electron chi connectivity index (χ1n) is 6.58. The molecule has 2 rings (SSSR count). The highest BCUT2D eigenvalue weighted by molar-refractivity contribution is 6.03. The molecular weight excluding hydrogens is 268 g/mol. The van der Waals surface area contributed by atoms with Crippen LogP contribution in [0.3, 0.4) is 0 Å². The Hall–Kier alpha value is -2.81. The van der Waals surface area contributed by atoms with Gasteiger partial charge in [-0.1, -0.05) is 19.1 Å². The third-order valence-electron chi connectivity index (χ3n) is 2.95. The van der Waals surface area contributed by atoms with Crippen LogP contribution in [0.2, 0.25) is 0 Å². The molecule has 0 fully saturated rings. The fraction of sp³-hybridized carbons (Fsp3) is 0.267. The molecule has 1 aromatic heterocycles. The average molecular weight is 284 g/mol. The van der Waals surface area contributed by atoms with E-state index in [-0.39, 0.29) is 12.5 Å². The van der Waals surface area contributed by atoms with Crippen molar-refractivity contribution in [2.24, 2.45) is 7.05 Å². The van der Waals surface area contributed by atoms with Gasteiger partial charge >= 0.3 is 0 Å². The van der Waals surface area contributed by atoms with Gasteiger partial charge in [-0.15, -0.1) is 0 Å². The summed E-state index contributed by atoms with van der Waals surface area (Å²) in [5, 5.41) is 15.6. The Morgan fingerprint density at radius 1 is 1.48 bits per heavy atom. The number of amides is 1. The van der Waals surface area contributed by atoms with Crippen molar-refractivity contribution < 1.29 is 9.53 Å². The number of nitrogens with zero attached hydrogens (tertiary/aromatic N) is 3. The van der Waals surface area contributed by atoms with Crippen LogP contribution >= 0.6 is 0 Å². The van der Waals surface area contributed by atoms with E-state index in [0.717, 1.165) is 12.1 Å². The van der Waals surface area contributed by atoms with Gasteiger partial charge in [-0.3, -0.25) is 9.48 Å². The molecule has 0 aliphatic carbocycles. The zero-order valence-corrected chi connectivity index (χ0v) is 12.0. The summed E-state index contributed by atoms with van der Waals surface area (Å²) in [6.45, 7) is 1.91. The predicted octanol–water partition coefficient (Wildman–Crippen LogP) is 2.14. The van der Waals surface area contributed by atoms with E-state index in [4.69, 9.17) is 10.00 Å². The normalized spacial score (nSPS) is 9.95. The summed E-state index contributed by atoms with van der Waals surface area (Å²) in [6, 6.07) is 10.7. The lowest BCUT2D eigenvalue weighted by atomic mass is 10.2. The molecule has 0 atom stereocenters. The maximum Gasteiger partial charge on any atom is 0.274 e. The standard InChI is InChI=1S/C15H16N4O2/c1-3-11-10-13(19(2)18-11)15(20)17-12-6-4-5-7-14(12)21-9-8-16/h4-7,10H,3,9H2,1-2H3,(H,17,20). The number of nitrogens with one attached hydrogen (secondary N) is 1. The first kappa shape index (κ1) is 14.6. The second-order valence-electron chi connectivity index (χ2n) is 4.40. The van der Waals surface area contributed by atoms with E-state index in [2.05, 4.69) is 10.4 Å². The van der Waals surface area contributed by atoms with Gasteiger partial charge in [-0.05, 0) is 24.6 Å². The number of aryl methyl sites for hydroxylation is 2. The summed E-state index contributed by atoms with van der Waals surface area (Å²) in [5.41, 5.74) is 1.86. The van der Waals surface area contributed by atoms with E-state index in [9.17, 15) is 4.79 Å². The van der Waals surface area contributed by atoms with Gasteiger partial charge in [0.1, 0.15) is 17.5 Å². The van der Waals surface area contributed by atoms with Crippen molar-refractivity contribution in [1.82, 2.24) is 9.78 Å². The minimum absolute atomic E-state index is 0.0709. The molecule has 1 aromatic carbocycles. The number of carbonyl (C=O) groups excluding carboxylic acids is 1. The van der Waals surface area contributed by atoms with Crippen molar-refractivity contribution in [3.8, 4) is 11.8 Å². The highest BCUT2D eigenvalue weighted by Crippen LogP contribution is 2.24. The van der Waals surface area contributed by atoms with Crippen LogP contribution in [0.15, 0.2) is 30.3 Å². The average Bonchev–Trinajstić information content (AvgIpc) is 2.87. The molecule has 21 heavy (non-hydrogen) atoms. The third-order valence-corrected chi connectivity index (χ3v) is 2.95. The predicted molar refractivity (Wildman–Crippen MR) is 78.1 cm³/mol. The van der Waals surface area contributed by atoms with Crippen molar-refractivity contribution in [1.29, 1.82) is 5.26 Å². The monoisotopic (exact) mass is 284 g/mol. The number of ether oxygens (including phenoxy) is 1. The van der Waals surface area contributed by atoms with Gasteiger partial charge in [0.2, 0.25) is 0 Å². The summed E-state index contributed by atoms with van der Waals surface area (Å²) < 4.78 is 6.83. The van der Waals surface area contributed by atoms with Crippen molar-refractivity contribution in [3.63, 3.8) is 0 Å². The molecule has 0 bridgehead atoms. The Bertz CT molecular complexity index is 685. The number of hydrogen-bond donors (Lipinski definition) is 1. The molecule has 2 aromatic rings. The van der Waals surface area contributed by atoms with Crippen molar-refractivity contribution >= 4 is 11.6 Å². The number of benzene rings is 1. The zero-order valence-electron chi connectivity index (χ0n) is 12.0. The lowest BCUT2D eigenvalue weighted by Crippen LogP contribution is -2.16. The van der Waals surface area contributed by atoms with E-state index in [1.807, 2.05) is 13.0 Å². The van der Waals surface area contributed by atoms with Crippen LogP contribution in [0.1, 0.15) is 23.1 Å². The summed E-state index contributed by atoms with van der Waals surface area (Å²) in [5.74, 6) is 0.197. The topological polar surface area (TPSA) is 79.9 Å². The lowest BCUT2D eigenvalue weighted by Gasteiger charge is -2.10. The Morgan fingerprint density at radius 2 is 2.24 bits per heavy atom. The van der Waals surface area contributed by atoms with Crippen LogP contribution in [0, 0.1) is 11.3 Å². The van der Waals surface area contributed by atoms with Crippen molar-refractivity contribution in [2.45, 2.75) is 13.3 Å². The lowest BCUT2D eigenvalue weighted by molar-refractivity contribution is 0.101. The highest BCUT2D eigenvalue weighted by Gasteiger charge is 2.14. The molecule has 0 aliphatic heterocycles. The zero-order chi connectivity index (χ0) is 15.2. The van der Waals surface area contributed by atoms with Gasteiger partial charge in [-0.25, -0.2) is 0 Å². The molecule has 6 nitrogen and oxygen atoms in total. The maximum atomic E-state index is 12.3. The molecular formula is C15H16N4O2. The second kappa shape index (κ2) is 6.57. The first-order chi connectivity index (χ1) is 10.2. The van der Waals surface area contributed by atoms with E-state index < -0.39 is 0 Å². The van der Waals surface area contributed by atoms with Crippen LogP contribution in [-0.2, 0) is 13.5 Å². The number of rotatable bonds is 5. The maximum absolute atomic E-state index is 12.3. The summed E-state index contributed by atoms with van der Waals surface area (Å²) in [6.07, 6.45) is 0.767. The van der Waals surface area contributed by atoms with Crippen LogP contribution in [-0.4, -0.2) is 22.3 Å². The number of para-hydroxylation sites is 2. The fourth-order valence-electron chi connectivity index (χ4n) is 1.90. The minimum atomic E-state index is -0.266. The first-order valence-corrected chi connectivity index (χ1v) is 6.58. The smallest absolute Gasteiger partial charge is 0.274 e. The molecule has 0 radical (unpaired) electrons. The summed E-state index contributed by atoms with van der Waals surface area (Å²) >= 11 is 0. The quantitative estimate of drug-likeness (QED) is 0.912. The Labute approximate surface area is 123 Å². The molecule has 108 valence electrons. The van der Waals surface area contributed by atoms with Crippen LogP contribution in [0.25, 0.3) is 0 Å². The molecule has 1 heterocycles. The van der Waals surface area contributed by atoms with Gasteiger partial charge in [-0.2, -0.15) is 10.4 Å². The van der Waals surface area contributed by atoms with E-state index in [1.165, 1.54) is 0 Å². The molecule has 1 amide bonds. The Kier molecular flexibility index (Phi) is 4.57. The Balaban J connectivity index is 2.19. The third kappa shape index (κ3) is 3.39. The summed E-state index contributed by atoms with van der Waals surface area (Å²) in [7, 11) is 1.73.